The normalized spacial score (nSPS) is 10.5. The van der Waals surface area contributed by atoms with E-state index in [1.165, 1.54) is 6.33 Å². The van der Waals surface area contributed by atoms with Gasteiger partial charge < -0.3 is 11.1 Å². The molecule has 0 atom stereocenters. The van der Waals surface area contributed by atoms with Crippen LogP contribution in [0.5, 0.6) is 0 Å². The monoisotopic (exact) mass is 382 g/mol. The summed E-state index contributed by atoms with van der Waals surface area (Å²) in [5.41, 5.74) is 16.1. The Labute approximate surface area is 169 Å². The number of hydrogen-bond acceptors (Lipinski definition) is 6. The van der Waals surface area contributed by atoms with Crippen molar-refractivity contribution in [1.82, 2.24) is 9.97 Å². The molecule has 0 saturated carbocycles. The molecule has 1 aromatic heterocycles. The van der Waals surface area contributed by atoms with Crippen LogP contribution in [0.15, 0.2) is 97.3 Å². The average Bonchev–Trinajstić information content (AvgIpc) is 2.79. The van der Waals surface area contributed by atoms with Crippen molar-refractivity contribution in [3.8, 4) is 0 Å². The minimum Gasteiger partial charge on any atom is -0.393 e. The largest absolute Gasteiger partial charge is 0.393 e. The highest BCUT2D eigenvalue weighted by Crippen LogP contribution is 2.30. The van der Waals surface area contributed by atoms with Crippen LogP contribution < -0.4 is 21.9 Å². The first kappa shape index (κ1) is 18.3. The van der Waals surface area contributed by atoms with Crippen LogP contribution in [0.25, 0.3) is 0 Å². The fourth-order valence-corrected chi connectivity index (χ4v) is 3.05. The first-order valence-corrected chi connectivity index (χ1v) is 9.35. The molecular formula is C23H22N6. The molecule has 1 heterocycles. The molecule has 0 saturated heterocycles. The van der Waals surface area contributed by atoms with Crippen LogP contribution in [0.2, 0.25) is 0 Å². The molecule has 144 valence electrons. The Hall–Kier alpha value is -4.06. The summed E-state index contributed by atoms with van der Waals surface area (Å²) < 4.78 is 0. The summed E-state index contributed by atoms with van der Waals surface area (Å²) in [5, 5.41) is 3.47. The number of benzene rings is 3. The zero-order chi connectivity index (χ0) is 19.9. The second-order valence-electron chi connectivity index (χ2n) is 6.50. The molecule has 0 aliphatic rings. The third-order valence-corrected chi connectivity index (χ3v) is 4.53. The molecule has 0 fully saturated rings. The topological polar surface area (TPSA) is 87.9 Å². The van der Waals surface area contributed by atoms with Gasteiger partial charge in [0.2, 0.25) is 0 Å². The highest BCUT2D eigenvalue weighted by Gasteiger charge is 2.17. The van der Waals surface area contributed by atoms with Gasteiger partial charge in [-0.3, -0.25) is 10.9 Å². The molecule has 5 N–H and O–H groups in total. The Morgan fingerprint density at radius 2 is 1.14 bits per heavy atom. The van der Waals surface area contributed by atoms with Crippen LogP contribution in [-0.4, -0.2) is 9.97 Å². The van der Waals surface area contributed by atoms with Gasteiger partial charge in [0.25, 0.3) is 0 Å². The minimum atomic E-state index is -0.0930. The number of nitrogen functional groups attached to an aromatic ring is 1. The maximum absolute atomic E-state index is 6.36. The Morgan fingerprint density at radius 3 is 1.72 bits per heavy atom. The van der Waals surface area contributed by atoms with Gasteiger partial charge in [-0.05, 0) is 23.3 Å². The maximum atomic E-state index is 6.36. The molecule has 0 spiro atoms. The molecule has 0 bridgehead atoms. The summed E-state index contributed by atoms with van der Waals surface area (Å²) >= 11 is 0. The molecule has 4 aromatic rings. The van der Waals surface area contributed by atoms with Gasteiger partial charge in [-0.25, -0.2) is 9.97 Å². The number of rotatable bonds is 7. The van der Waals surface area contributed by atoms with Crippen LogP contribution in [-0.2, 0) is 0 Å². The molecule has 0 unspecified atom stereocenters. The standard InChI is InChI=1S/C23H22N6/c24-20-22(25-16-26-23(20)29-28-19-14-8-3-9-15-19)27-21(17-10-4-1-5-11-17)18-12-6-2-7-13-18/h1-16,21,28H,24H2,(H2,25,26,27,29). The van der Waals surface area contributed by atoms with Crippen LogP contribution in [0.3, 0.4) is 0 Å². The minimum absolute atomic E-state index is 0.0930. The smallest absolute Gasteiger partial charge is 0.173 e. The highest BCUT2D eigenvalue weighted by atomic mass is 15.4. The van der Waals surface area contributed by atoms with E-state index in [9.17, 15) is 0 Å². The molecular weight excluding hydrogens is 360 g/mol. The fourth-order valence-electron chi connectivity index (χ4n) is 3.05. The van der Waals surface area contributed by atoms with Crippen LogP contribution in [0, 0.1) is 0 Å². The number of para-hydroxylation sites is 1. The summed E-state index contributed by atoms with van der Waals surface area (Å²) in [5.74, 6) is 1.07. The van der Waals surface area contributed by atoms with Gasteiger partial charge in [-0.15, -0.1) is 0 Å². The average molecular weight is 382 g/mol. The lowest BCUT2D eigenvalue weighted by Crippen LogP contribution is -2.17. The lowest BCUT2D eigenvalue weighted by atomic mass is 9.99. The molecule has 6 heteroatoms. The van der Waals surface area contributed by atoms with Gasteiger partial charge >= 0.3 is 0 Å². The van der Waals surface area contributed by atoms with Crippen molar-refractivity contribution in [3.05, 3.63) is 108 Å². The molecule has 4 rings (SSSR count). The van der Waals surface area contributed by atoms with Crippen molar-refractivity contribution < 1.29 is 0 Å². The summed E-state index contributed by atoms with van der Waals surface area (Å²) in [6.07, 6.45) is 1.49. The Kier molecular flexibility index (Phi) is 5.53. The first-order valence-electron chi connectivity index (χ1n) is 9.35. The van der Waals surface area contributed by atoms with E-state index < -0.39 is 0 Å². The van der Waals surface area contributed by atoms with Gasteiger partial charge in [0.15, 0.2) is 11.6 Å². The number of anilines is 4. The predicted octanol–water partition coefficient (Wildman–Crippen LogP) is 4.70. The Balaban J connectivity index is 1.59. The number of aromatic nitrogens is 2. The van der Waals surface area contributed by atoms with E-state index in [-0.39, 0.29) is 6.04 Å². The zero-order valence-corrected chi connectivity index (χ0v) is 15.8. The number of nitrogens with zero attached hydrogens (tertiary/aromatic N) is 2. The number of nitrogens with two attached hydrogens (primary N) is 1. The second kappa shape index (κ2) is 8.75. The number of hydrazine groups is 1. The summed E-state index contributed by atoms with van der Waals surface area (Å²) in [7, 11) is 0. The van der Waals surface area contributed by atoms with E-state index in [0.717, 1.165) is 16.8 Å². The quantitative estimate of drug-likeness (QED) is 0.347. The molecule has 3 aromatic carbocycles. The van der Waals surface area contributed by atoms with Crippen molar-refractivity contribution in [2.75, 3.05) is 21.9 Å². The number of hydrogen-bond donors (Lipinski definition) is 4. The summed E-state index contributed by atoms with van der Waals surface area (Å²) in [6.45, 7) is 0. The van der Waals surface area contributed by atoms with Gasteiger partial charge in [0.1, 0.15) is 12.0 Å². The molecule has 0 aliphatic heterocycles. The van der Waals surface area contributed by atoms with Crippen molar-refractivity contribution in [1.29, 1.82) is 0 Å². The fraction of sp³-hybridized carbons (Fsp3) is 0.0435. The third kappa shape index (κ3) is 4.44. The van der Waals surface area contributed by atoms with Crippen molar-refractivity contribution in [2.45, 2.75) is 6.04 Å². The molecule has 0 aliphatic carbocycles. The highest BCUT2D eigenvalue weighted by molar-refractivity contribution is 5.75. The number of nitrogens with one attached hydrogen (secondary N) is 3. The van der Waals surface area contributed by atoms with E-state index in [1.807, 2.05) is 66.7 Å². The van der Waals surface area contributed by atoms with Crippen molar-refractivity contribution in [2.24, 2.45) is 0 Å². The molecule has 29 heavy (non-hydrogen) atoms. The summed E-state index contributed by atoms with van der Waals surface area (Å²) in [4.78, 5) is 8.63. The van der Waals surface area contributed by atoms with Crippen LogP contribution in [0.4, 0.5) is 23.0 Å². The van der Waals surface area contributed by atoms with E-state index in [1.54, 1.807) is 0 Å². The zero-order valence-electron chi connectivity index (χ0n) is 15.8. The van der Waals surface area contributed by atoms with E-state index >= 15 is 0 Å². The van der Waals surface area contributed by atoms with Crippen LogP contribution >= 0.6 is 0 Å². The van der Waals surface area contributed by atoms with Crippen molar-refractivity contribution in [3.63, 3.8) is 0 Å². The Morgan fingerprint density at radius 1 is 0.621 bits per heavy atom. The van der Waals surface area contributed by atoms with Gasteiger partial charge in [0, 0.05) is 0 Å². The van der Waals surface area contributed by atoms with E-state index in [0.29, 0.717) is 17.3 Å². The molecule has 6 nitrogen and oxygen atoms in total. The van der Waals surface area contributed by atoms with Crippen LogP contribution in [0.1, 0.15) is 17.2 Å². The lowest BCUT2D eigenvalue weighted by molar-refractivity contribution is 0.924. The first-order chi connectivity index (χ1) is 14.3. The van der Waals surface area contributed by atoms with E-state index in [4.69, 9.17) is 5.73 Å². The SMILES string of the molecule is Nc1c(NNc2ccccc2)ncnc1NC(c1ccccc1)c1ccccc1. The summed E-state index contributed by atoms with van der Waals surface area (Å²) in [6, 6.07) is 30.1. The maximum Gasteiger partial charge on any atom is 0.173 e. The third-order valence-electron chi connectivity index (χ3n) is 4.53. The lowest BCUT2D eigenvalue weighted by Gasteiger charge is -2.22. The second-order valence-corrected chi connectivity index (χ2v) is 6.50. The van der Waals surface area contributed by atoms with E-state index in [2.05, 4.69) is 50.4 Å². The van der Waals surface area contributed by atoms with Gasteiger partial charge in [0.05, 0.1) is 11.7 Å². The van der Waals surface area contributed by atoms with Gasteiger partial charge in [-0.2, -0.15) is 0 Å². The molecule has 0 radical (unpaired) electrons. The molecule has 0 amide bonds. The van der Waals surface area contributed by atoms with Crippen molar-refractivity contribution >= 4 is 23.0 Å². The Bertz CT molecular complexity index is 999. The predicted molar refractivity (Wildman–Crippen MR) is 118 cm³/mol. The van der Waals surface area contributed by atoms with Gasteiger partial charge in [-0.1, -0.05) is 78.9 Å².